The van der Waals surface area contributed by atoms with Crippen molar-refractivity contribution in [3.8, 4) is 11.5 Å². The van der Waals surface area contributed by atoms with Crippen LogP contribution in [-0.4, -0.2) is 30.7 Å². The zero-order valence-corrected chi connectivity index (χ0v) is 22.7. The number of hydrogen-bond acceptors (Lipinski definition) is 5. The van der Waals surface area contributed by atoms with E-state index < -0.39 is 11.9 Å². The monoisotopic (exact) mass is 573 g/mol. The van der Waals surface area contributed by atoms with Crippen LogP contribution in [0.1, 0.15) is 35.3 Å². The van der Waals surface area contributed by atoms with Crippen molar-refractivity contribution in [2.45, 2.75) is 26.5 Å². The van der Waals surface area contributed by atoms with Gasteiger partial charge in [-0.3, -0.25) is 9.59 Å². The molecule has 4 aromatic carbocycles. The number of hydrogen-bond donors (Lipinski definition) is 2. The Kier molecular flexibility index (Phi) is 9.11. The lowest BCUT2D eigenvalue weighted by atomic mass is 10.1. The van der Waals surface area contributed by atoms with Crippen molar-refractivity contribution in [1.82, 2.24) is 10.7 Å². The zero-order valence-electron chi connectivity index (χ0n) is 21.1. The summed E-state index contributed by atoms with van der Waals surface area (Å²) in [4.78, 5) is 24.9. The predicted molar refractivity (Wildman–Crippen MR) is 153 cm³/mol. The van der Waals surface area contributed by atoms with Gasteiger partial charge < -0.3 is 14.8 Å². The summed E-state index contributed by atoms with van der Waals surface area (Å²) in [6, 6.07) is 26.0. The van der Waals surface area contributed by atoms with Gasteiger partial charge in [-0.25, -0.2) is 5.43 Å². The molecule has 2 amide bonds. The van der Waals surface area contributed by atoms with Crippen LogP contribution in [0.4, 0.5) is 0 Å². The standard InChI is InChI=1S/C30H28BrN3O4/c1-3-37-28-17-21(15-16-27(28)38-19-23-11-8-10-22-9-4-5-12-24(22)23)18-32-34-29(35)20(2)33-30(36)25-13-6-7-14-26(25)31/h4-18,20H,3,19H2,1-2H3,(H,33,36)(H,34,35). The molecule has 0 spiro atoms. The molecule has 194 valence electrons. The Morgan fingerprint density at radius 2 is 1.71 bits per heavy atom. The highest BCUT2D eigenvalue weighted by molar-refractivity contribution is 9.10. The van der Waals surface area contributed by atoms with Gasteiger partial charge in [0.15, 0.2) is 11.5 Å². The van der Waals surface area contributed by atoms with E-state index in [-0.39, 0.29) is 5.91 Å². The summed E-state index contributed by atoms with van der Waals surface area (Å²) in [5.74, 6) is 0.396. The van der Waals surface area contributed by atoms with Gasteiger partial charge in [-0.2, -0.15) is 5.10 Å². The minimum absolute atomic E-state index is 0.357. The van der Waals surface area contributed by atoms with Crippen LogP contribution in [0.2, 0.25) is 0 Å². The van der Waals surface area contributed by atoms with E-state index in [0.717, 1.165) is 21.9 Å². The maximum atomic E-state index is 12.4. The van der Waals surface area contributed by atoms with Crippen molar-refractivity contribution in [1.29, 1.82) is 0 Å². The van der Waals surface area contributed by atoms with Gasteiger partial charge in [0.25, 0.3) is 11.8 Å². The highest BCUT2D eigenvalue weighted by Gasteiger charge is 2.17. The molecule has 8 heteroatoms. The van der Waals surface area contributed by atoms with E-state index in [0.29, 0.717) is 34.7 Å². The second kappa shape index (κ2) is 12.9. The Hall–Kier alpha value is -4.17. The third-order valence-corrected chi connectivity index (χ3v) is 6.47. The molecule has 7 nitrogen and oxygen atoms in total. The molecular formula is C30H28BrN3O4. The van der Waals surface area contributed by atoms with Gasteiger partial charge in [0.2, 0.25) is 0 Å². The number of carbonyl (C=O) groups is 2. The smallest absolute Gasteiger partial charge is 0.262 e. The van der Waals surface area contributed by atoms with Gasteiger partial charge in [-0.15, -0.1) is 0 Å². The Morgan fingerprint density at radius 3 is 2.53 bits per heavy atom. The van der Waals surface area contributed by atoms with E-state index >= 15 is 0 Å². The van der Waals surface area contributed by atoms with Gasteiger partial charge in [-0.1, -0.05) is 54.6 Å². The number of carbonyl (C=O) groups excluding carboxylic acids is 2. The van der Waals surface area contributed by atoms with Crippen molar-refractivity contribution in [2.75, 3.05) is 6.61 Å². The number of nitrogens with one attached hydrogen (secondary N) is 2. The lowest BCUT2D eigenvalue weighted by Gasteiger charge is -2.14. The van der Waals surface area contributed by atoms with E-state index in [1.54, 1.807) is 31.2 Å². The number of amides is 2. The van der Waals surface area contributed by atoms with E-state index in [4.69, 9.17) is 9.47 Å². The Balaban J connectivity index is 1.37. The summed E-state index contributed by atoms with van der Waals surface area (Å²) in [5, 5.41) is 9.01. The minimum Gasteiger partial charge on any atom is -0.490 e. The molecule has 0 bridgehead atoms. The summed E-state index contributed by atoms with van der Waals surface area (Å²) in [6.45, 7) is 4.36. The zero-order chi connectivity index (χ0) is 26.9. The summed E-state index contributed by atoms with van der Waals surface area (Å²) < 4.78 is 12.6. The van der Waals surface area contributed by atoms with Crippen LogP contribution in [-0.2, 0) is 11.4 Å². The second-order valence-corrected chi connectivity index (χ2v) is 9.33. The van der Waals surface area contributed by atoms with Crippen LogP contribution in [0.5, 0.6) is 11.5 Å². The van der Waals surface area contributed by atoms with E-state index in [9.17, 15) is 9.59 Å². The van der Waals surface area contributed by atoms with Gasteiger partial charge in [0.1, 0.15) is 12.6 Å². The lowest BCUT2D eigenvalue weighted by Crippen LogP contribution is -2.43. The van der Waals surface area contributed by atoms with Crippen LogP contribution in [0.15, 0.2) is 94.5 Å². The van der Waals surface area contributed by atoms with Crippen LogP contribution < -0.4 is 20.2 Å². The van der Waals surface area contributed by atoms with Crippen molar-refractivity contribution in [3.05, 3.63) is 106 Å². The van der Waals surface area contributed by atoms with Gasteiger partial charge in [0, 0.05) is 4.47 Å². The molecule has 4 rings (SSSR count). The number of halogens is 1. The molecule has 1 unspecified atom stereocenters. The van der Waals surface area contributed by atoms with Crippen LogP contribution >= 0.6 is 15.9 Å². The molecule has 0 saturated heterocycles. The normalized spacial score (nSPS) is 11.8. The fraction of sp³-hybridized carbons (Fsp3) is 0.167. The van der Waals surface area contributed by atoms with Gasteiger partial charge in [-0.05, 0) is 82.0 Å². The van der Waals surface area contributed by atoms with E-state index in [2.05, 4.69) is 56.0 Å². The first-order valence-electron chi connectivity index (χ1n) is 12.2. The molecule has 0 aliphatic carbocycles. The number of fused-ring (bicyclic) bond motifs is 1. The second-order valence-electron chi connectivity index (χ2n) is 8.48. The first-order chi connectivity index (χ1) is 18.5. The third kappa shape index (κ3) is 6.77. The van der Waals surface area contributed by atoms with Crippen LogP contribution in [0.25, 0.3) is 10.8 Å². The maximum absolute atomic E-state index is 12.4. The fourth-order valence-corrected chi connectivity index (χ4v) is 4.28. The first kappa shape index (κ1) is 26.9. The molecule has 0 aliphatic heterocycles. The minimum atomic E-state index is -0.782. The lowest BCUT2D eigenvalue weighted by molar-refractivity contribution is -0.122. The van der Waals surface area contributed by atoms with Crippen molar-refractivity contribution in [3.63, 3.8) is 0 Å². The Bertz CT molecular complexity index is 1470. The predicted octanol–water partition coefficient (Wildman–Crippen LogP) is 5.85. The summed E-state index contributed by atoms with van der Waals surface area (Å²) in [5.41, 5.74) is 4.71. The van der Waals surface area contributed by atoms with Crippen molar-refractivity contribution < 1.29 is 19.1 Å². The number of benzene rings is 4. The number of ether oxygens (including phenoxy) is 2. The summed E-state index contributed by atoms with van der Waals surface area (Å²) in [7, 11) is 0. The molecule has 0 saturated carbocycles. The first-order valence-corrected chi connectivity index (χ1v) is 13.0. The SMILES string of the molecule is CCOc1cc(C=NNC(=O)C(C)NC(=O)c2ccccc2Br)ccc1OCc1cccc2ccccc12. The highest BCUT2D eigenvalue weighted by Crippen LogP contribution is 2.30. The molecular weight excluding hydrogens is 546 g/mol. The maximum Gasteiger partial charge on any atom is 0.262 e. The van der Waals surface area contributed by atoms with Crippen LogP contribution in [0.3, 0.4) is 0 Å². The van der Waals surface area contributed by atoms with Gasteiger partial charge >= 0.3 is 0 Å². The molecule has 0 radical (unpaired) electrons. The average molecular weight is 574 g/mol. The molecule has 0 fully saturated rings. The summed E-state index contributed by atoms with van der Waals surface area (Å²) >= 11 is 3.34. The van der Waals surface area contributed by atoms with Gasteiger partial charge in [0.05, 0.1) is 18.4 Å². The van der Waals surface area contributed by atoms with Crippen LogP contribution in [0, 0.1) is 0 Å². The summed E-state index contributed by atoms with van der Waals surface area (Å²) in [6.07, 6.45) is 1.51. The third-order valence-electron chi connectivity index (χ3n) is 5.78. The fourth-order valence-electron chi connectivity index (χ4n) is 3.82. The number of nitrogens with zero attached hydrogens (tertiary/aromatic N) is 1. The largest absolute Gasteiger partial charge is 0.490 e. The highest BCUT2D eigenvalue weighted by atomic mass is 79.9. The molecule has 2 N–H and O–H groups in total. The van der Waals surface area contributed by atoms with Crippen molar-refractivity contribution in [2.24, 2.45) is 5.10 Å². The van der Waals surface area contributed by atoms with E-state index in [1.165, 1.54) is 6.21 Å². The number of rotatable bonds is 10. The van der Waals surface area contributed by atoms with E-state index in [1.807, 2.05) is 43.3 Å². The molecule has 4 aromatic rings. The molecule has 38 heavy (non-hydrogen) atoms. The average Bonchev–Trinajstić information content (AvgIpc) is 2.93. The Morgan fingerprint density at radius 1 is 0.947 bits per heavy atom. The molecule has 0 heterocycles. The molecule has 0 aliphatic rings. The Labute approximate surface area is 230 Å². The van der Waals surface area contributed by atoms with Crippen molar-refractivity contribution >= 4 is 44.7 Å². The quantitative estimate of drug-likeness (QED) is 0.184. The molecule has 0 aromatic heterocycles. The number of hydrazone groups is 1. The molecule has 1 atom stereocenters. The topological polar surface area (TPSA) is 89.0 Å².